The van der Waals surface area contributed by atoms with E-state index >= 15 is 0 Å². The van der Waals surface area contributed by atoms with Crippen LogP contribution in [0.3, 0.4) is 0 Å². The SMILES string of the molecule is CC(C)(C)[C@H](NC(=O)Nc1cccc(N2CCOC2=O)c1)c1cccs1. The number of thiophene rings is 1. The standard InChI is InChI=1S/C19H23N3O3S/c1-19(2,3)16(15-8-5-11-26-15)21-17(23)20-13-6-4-7-14(12-13)22-9-10-25-18(22)24/h4-8,11-12,16H,9-10H2,1-3H3,(H2,20,21,23)/t16-/m1/s1. The molecule has 0 bridgehead atoms. The number of anilines is 2. The van der Waals surface area contributed by atoms with Gasteiger partial charge in [-0.2, -0.15) is 0 Å². The van der Waals surface area contributed by atoms with Crippen molar-refractivity contribution in [1.82, 2.24) is 5.32 Å². The summed E-state index contributed by atoms with van der Waals surface area (Å²) in [6, 6.07) is 10.8. The third kappa shape index (κ3) is 4.16. The van der Waals surface area contributed by atoms with Crippen molar-refractivity contribution in [2.75, 3.05) is 23.4 Å². The summed E-state index contributed by atoms with van der Waals surface area (Å²) in [5.74, 6) is 0. The Morgan fingerprint density at radius 1 is 1.27 bits per heavy atom. The largest absolute Gasteiger partial charge is 0.447 e. The Hall–Kier alpha value is -2.54. The van der Waals surface area contributed by atoms with E-state index in [-0.39, 0.29) is 23.6 Å². The summed E-state index contributed by atoms with van der Waals surface area (Å²) in [5.41, 5.74) is 1.21. The fourth-order valence-electron chi connectivity index (χ4n) is 2.85. The van der Waals surface area contributed by atoms with Crippen molar-refractivity contribution in [3.05, 3.63) is 46.7 Å². The molecule has 2 heterocycles. The molecule has 0 spiro atoms. The van der Waals surface area contributed by atoms with E-state index in [2.05, 4.69) is 31.4 Å². The second kappa shape index (κ2) is 7.37. The predicted molar refractivity (Wildman–Crippen MR) is 104 cm³/mol. The van der Waals surface area contributed by atoms with Crippen LogP contribution in [-0.4, -0.2) is 25.3 Å². The van der Waals surface area contributed by atoms with E-state index in [9.17, 15) is 9.59 Å². The lowest BCUT2D eigenvalue weighted by molar-refractivity contribution is 0.181. The summed E-state index contributed by atoms with van der Waals surface area (Å²) < 4.78 is 4.96. The number of hydrogen-bond acceptors (Lipinski definition) is 4. The molecule has 1 aromatic carbocycles. The number of ether oxygens (including phenoxy) is 1. The van der Waals surface area contributed by atoms with Crippen molar-refractivity contribution in [2.24, 2.45) is 5.41 Å². The number of rotatable bonds is 4. The molecule has 138 valence electrons. The normalized spacial score (nSPS) is 15.5. The maximum Gasteiger partial charge on any atom is 0.414 e. The van der Waals surface area contributed by atoms with Gasteiger partial charge >= 0.3 is 12.1 Å². The number of benzene rings is 1. The number of nitrogens with one attached hydrogen (secondary N) is 2. The quantitative estimate of drug-likeness (QED) is 0.822. The molecule has 1 fully saturated rings. The van der Waals surface area contributed by atoms with E-state index < -0.39 is 0 Å². The van der Waals surface area contributed by atoms with E-state index in [0.29, 0.717) is 24.5 Å². The highest BCUT2D eigenvalue weighted by Crippen LogP contribution is 2.35. The van der Waals surface area contributed by atoms with Crippen molar-refractivity contribution in [1.29, 1.82) is 0 Å². The first-order valence-corrected chi connectivity index (χ1v) is 9.38. The summed E-state index contributed by atoms with van der Waals surface area (Å²) in [4.78, 5) is 26.9. The molecule has 0 aliphatic carbocycles. The van der Waals surface area contributed by atoms with Gasteiger partial charge in [-0.05, 0) is 35.1 Å². The summed E-state index contributed by atoms with van der Waals surface area (Å²) in [7, 11) is 0. The highest BCUT2D eigenvalue weighted by Gasteiger charge is 2.29. The fraction of sp³-hybridized carbons (Fsp3) is 0.368. The minimum absolute atomic E-state index is 0.0979. The lowest BCUT2D eigenvalue weighted by Gasteiger charge is -2.30. The van der Waals surface area contributed by atoms with E-state index in [1.807, 2.05) is 23.6 Å². The van der Waals surface area contributed by atoms with Gasteiger partial charge in [0.2, 0.25) is 0 Å². The van der Waals surface area contributed by atoms with Crippen LogP contribution in [0.15, 0.2) is 41.8 Å². The molecule has 1 atom stereocenters. The van der Waals surface area contributed by atoms with Gasteiger partial charge in [0, 0.05) is 16.3 Å². The van der Waals surface area contributed by atoms with Crippen LogP contribution in [0.2, 0.25) is 0 Å². The second-order valence-corrected chi connectivity index (χ2v) is 8.21. The number of carbonyl (C=O) groups excluding carboxylic acids is 2. The zero-order valence-electron chi connectivity index (χ0n) is 15.1. The molecule has 0 saturated carbocycles. The third-order valence-electron chi connectivity index (χ3n) is 4.15. The van der Waals surface area contributed by atoms with E-state index in [4.69, 9.17) is 4.74 Å². The zero-order valence-corrected chi connectivity index (χ0v) is 15.9. The van der Waals surface area contributed by atoms with Crippen molar-refractivity contribution in [2.45, 2.75) is 26.8 Å². The average Bonchev–Trinajstić information content (AvgIpc) is 3.23. The third-order valence-corrected chi connectivity index (χ3v) is 5.08. The van der Waals surface area contributed by atoms with Crippen LogP contribution < -0.4 is 15.5 Å². The molecule has 1 saturated heterocycles. The van der Waals surface area contributed by atoms with E-state index in [1.54, 1.807) is 34.4 Å². The molecule has 3 amide bonds. The average molecular weight is 373 g/mol. The first-order valence-electron chi connectivity index (χ1n) is 8.50. The lowest BCUT2D eigenvalue weighted by atomic mass is 9.86. The Morgan fingerprint density at radius 3 is 2.69 bits per heavy atom. The number of cyclic esters (lactones) is 1. The van der Waals surface area contributed by atoms with Crippen molar-refractivity contribution in [3.8, 4) is 0 Å². The van der Waals surface area contributed by atoms with Crippen molar-refractivity contribution in [3.63, 3.8) is 0 Å². The van der Waals surface area contributed by atoms with Crippen molar-refractivity contribution >= 4 is 34.8 Å². The molecule has 2 aromatic rings. The second-order valence-electron chi connectivity index (χ2n) is 7.23. The number of carbonyl (C=O) groups is 2. The van der Waals surface area contributed by atoms with Gasteiger partial charge < -0.3 is 15.4 Å². The molecule has 0 radical (unpaired) electrons. The summed E-state index contributed by atoms with van der Waals surface area (Å²) >= 11 is 1.63. The number of nitrogens with zero attached hydrogens (tertiary/aromatic N) is 1. The van der Waals surface area contributed by atoms with Crippen molar-refractivity contribution < 1.29 is 14.3 Å². The summed E-state index contributed by atoms with van der Waals surface area (Å²) in [6.45, 7) is 7.18. The Labute approximate surface area is 157 Å². The first-order chi connectivity index (χ1) is 12.3. The highest BCUT2D eigenvalue weighted by atomic mass is 32.1. The Morgan fingerprint density at radius 2 is 2.08 bits per heavy atom. The van der Waals surface area contributed by atoms with Crippen LogP contribution in [0, 0.1) is 5.41 Å². The van der Waals surface area contributed by atoms with Crippen LogP contribution >= 0.6 is 11.3 Å². The Kier molecular flexibility index (Phi) is 5.18. The maximum absolute atomic E-state index is 12.5. The molecule has 1 aliphatic heterocycles. The van der Waals surface area contributed by atoms with E-state index in [1.165, 1.54) is 0 Å². The van der Waals surface area contributed by atoms with Crippen LogP contribution in [0.25, 0.3) is 0 Å². The van der Waals surface area contributed by atoms with Gasteiger partial charge in [0.15, 0.2) is 0 Å². The predicted octanol–water partition coefficient (Wildman–Crippen LogP) is 4.61. The molecule has 7 heteroatoms. The topological polar surface area (TPSA) is 70.7 Å². The minimum atomic E-state index is -0.364. The van der Waals surface area contributed by atoms with Gasteiger partial charge in [0.05, 0.1) is 12.6 Å². The minimum Gasteiger partial charge on any atom is -0.447 e. The van der Waals surface area contributed by atoms with Crippen LogP contribution in [0.5, 0.6) is 0 Å². The molecule has 1 aliphatic rings. The number of amides is 3. The summed E-state index contributed by atoms with van der Waals surface area (Å²) in [5, 5.41) is 7.93. The van der Waals surface area contributed by atoms with Crippen LogP contribution in [0.1, 0.15) is 31.7 Å². The Balaban J connectivity index is 1.70. The smallest absolute Gasteiger partial charge is 0.414 e. The van der Waals surface area contributed by atoms with Gasteiger partial charge in [-0.15, -0.1) is 11.3 Å². The molecule has 0 unspecified atom stereocenters. The molecular formula is C19H23N3O3S. The molecule has 26 heavy (non-hydrogen) atoms. The van der Waals surface area contributed by atoms with Gasteiger partial charge in [-0.25, -0.2) is 9.59 Å². The molecular weight excluding hydrogens is 350 g/mol. The monoisotopic (exact) mass is 373 g/mol. The lowest BCUT2D eigenvalue weighted by Crippen LogP contribution is -2.38. The number of urea groups is 1. The molecule has 3 rings (SSSR count). The fourth-order valence-corrected chi connectivity index (χ4v) is 3.87. The van der Waals surface area contributed by atoms with Crippen LogP contribution in [-0.2, 0) is 4.74 Å². The zero-order chi connectivity index (χ0) is 18.7. The first kappa shape index (κ1) is 18.3. The van der Waals surface area contributed by atoms with Gasteiger partial charge in [0.25, 0.3) is 0 Å². The molecule has 2 N–H and O–H groups in total. The van der Waals surface area contributed by atoms with Gasteiger partial charge in [-0.3, -0.25) is 4.90 Å². The van der Waals surface area contributed by atoms with Gasteiger partial charge in [0.1, 0.15) is 6.61 Å². The van der Waals surface area contributed by atoms with Crippen LogP contribution in [0.4, 0.5) is 21.0 Å². The number of hydrogen-bond donors (Lipinski definition) is 2. The highest BCUT2D eigenvalue weighted by molar-refractivity contribution is 7.10. The maximum atomic E-state index is 12.5. The van der Waals surface area contributed by atoms with Gasteiger partial charge in [-0.1, -0.05) is 32.9 Å². The Bertz CT molecular complexity index is 784. The molecule has 1 aromatic heterocycles. The van der Waals surface area contributed by atoms with E-state index in [0.717, 1.165) is 4.88 Å². The molecule has 6 nitrogen and oxygen atoms in total. The summed E-state index contributed by atoms with van der Waals surface area (Å²) in [6.07, 6.45) is -0.364.